The predicted molar refractivity (Wildman–Crippen MR) is 85.1 cm³/mol. The lowest BCUT2D eigenvalue weighted by molar-refractivity contribution is -0.385. The summed E-state index contributed by atoms with van der Waals surface area (Å²) in [5.41, 5.74) is 0.932. The predicted octanol–water partition coefficient (Wildman–Crippen LogP) is 2.37. The van der Waals surface area contributed by atoms with Gasteiger partial charge in [0.2, 0.25) is 0 Å². The summed E-state index contributed by atoms with van der Waals surface area (Å²) in [4.78, 5) is 24.7. The van der Waals surface area contributed by atoms with Gasteiger partial charge >= 0.3 is 6.03 Å². The monoisotopic (exact) mass is 306 g/mol. The number of anilines is 1. The fourth-order valence-corrected chi connectivity index (χ4v) is 2.73. The quantitative estimate of drug-likeness (QED) is 0.646. The first-order valence-corrected chi connectivity index (χ1v) is 7.52. The van der Waals surface area contributed by atoms with E-state index in [0.717, 1.165) is 26.1 Å². The number of urea groups is 1. The van der Waals surface area contributed by atoms with E-state index in [1.807, 2.05) is 0 Å². The highest BCUT2D eigenvalue weighted by Crippen LogP contribution is 2.24. The molecule has 22 heavy (non-hydrogen) atoms. The number of nitrogens with one attached hydrogen (secondary N) is 2. The van der Waals surface area contributed by atoms with Crippen molar-refractivity contribution in [2.45, 2.75) is 20.3 Å². The van der Waals surface area contributed by atoms with Crippen molar-refractivity contribution >= 4 is 17.4 Å². The highest BCUT2D eigenvalue weighted by atomic mass is 16.6. The molecule has 1 heterocycles. The minimum absolute atomic E-state index is 0.00665. The number of carbonyl (C=O) groups is 1. The van der Waals surface area contributed by atoms with Crippen LogP contribution in [0.1, 0.15) is 18.9 Å². The van der Waals surface area contributed by atoms with Crippen LogP contribution in [0.15, 0.2) is 18.2 Å². The zero-order chi connectivity index (χ0) is 16.1. The maximum Gasteiger partial charge on any atom is 0.319 e. The summed E-state index contributed by atoms with van der Waals surface area (Å²) in [7, 11) is 0. The highest BCUT2D eigenvalue weighted by molar-refractivity contribution is 5.90. The molecule has 0 saturated carbocycles. The number of hydrogen-bond donors (Lipinski definition) is 2. The summed E-state index contributed by atoms with van der Waals surface area (Å²) in [6.45, 7) is 7.50. The van der Waals surface area contributed by atoms with Gasteiger partial charge in [-0.3, -0.25) is 10.1 Å². The zero-order valence-corrected chi connectivity index (χ0v) is 13.0. The van der Waals surface area contributed by atoms with Gasteiger partial charge in [-0.05, 0) is 38.4 Å². The van der Waals surface area contributed by atoms with Crippen LogP contribution in [0.4, 0.5) is 16.2 Å². The summed E-state index contributed by atoms with van der Waals surface area (Å²) in [5.74, 6) is 0.469. The van der Waals surface area contributed by atoms with Crippen molar-refractivity contribution in [3.8, 4) is 0 Å². The summed E-state index contributed by atoms with van der Waals surface area (Å²) in [6, 6.07) is 4.34. The molecule has 2 N–H and O–H groups in total. The standard InChI is InChI=1S/C15H22N4O3/c1-3-18-8-7-12(10-18)9-16-15(20)17-13-5-4-6-14(11(13)2)19(21)22/h4-6,12H,3,7-10H2,1-2H3,(H2,16,17,20). The van der Waals surface area contributed by atoms with Crippen LogP contribution in [0.2, 0.25) is 0 Å². The Hall–Kier alpha value is -2.15. The van der Waals surface area contributed by atoms with Gasteiger partial charge in [0.25, 0.3) is 5.69 Å². The molecule has 0 aliphatic carbocycles. The summed E-state index contributed by atoms with van der Waals surface area (Å²) in [5, 5.41) is 16.4. The molecule has 1 aromatic carbocycles. The van der Waals surface area contributed by atoms with E-state index in [1.165, 1.54) is 6.07 Å². The molecule has 0 bridgehead atoms. The van der Waals surface area contributed by atoms with Crippen LogP contribution in [-0.4, -0.2) is 42.0 Å². The fourth-order valence-electron chi connectivity index (χ4n) is 2.73. The van der Waals surface area contributed by atoms with E-state index in [1.54, 1.807) is 19.1 Å². The number of nitrogens with zero attached hydrogens (tertiary/aromatic N) is 2. The lowest BCUT2D eigenvalue weighted by Gasteiger charge is -2.14. The molecular formula is C15H22N4O3. The van der Waals surface area contributed by atoms with Crippen molar-refractivity contribution in [1.82, 2.24) is 10.2 Å². The van der Waals surface area contributed by atoms with Crippen molar-refractivity contribution in [2.24, 2.45) is 5.92 Å². The normalized spacial score (nSPS) is 18.2. The largest absolute Gasteiger partial charge is 0.338 e. The van der Waals surface area contributed by atoms with Gasteiger partial charge in [-0.15, -0.1) is 0 Å². The molecule has 0 radical (unpaired) electrons. The summed E-state index contributed by atoms with van der Waals surface area (Å²) < 4.78 is 0. The van der Waals surface area contributed by atoms with Crippen LogP contribution >= 0.6 is 0 Å². The Balaban J connectivity index is 1.87. The number of rotatable bonds is 5. The Bertz CT molecular complexity index is 562. The van der Waals surface area contributed by atoms with E-state index in [0.29, 0.717) is 23.7 Å². The molecule has 0 aromatic heterocycles. The number of benzene rings is 1. The minimum Gasteiger partial charge on any atom is -0.338 e. The van der Waals surface area contributed by atoms with Crippen LogP contribution in [-0.2, 0) is 0 Å². The van der Waals surface area contributed by atoms with E-state index in [9.17, 15) is 14.9 Å². The van der Waals surface area contributed by atoms with Crippen LogP contribution < -0.4 is 10.6 Å². The Morgan fingerprint density at radius 3 is 2.91 bits per heavy atom. The van der Waals surface area contributed by atoms with Crippen molar-refractivity contribution in [3.63, 3.8) is 0 Å². The second-order valence-corrected chi connectivity index (χ2v) is 5.59. The molecule has 2 rings (SSSR count). The number of nitro groups is 1. The maximum atomic E-state index is 11.9. The van der Waals surface area contributed by atoms with Gasteiger partial charge in [-0.1, -0.05) is 13.0 Å². The number of amides is 2. The lowest BCUT2D eigenvalue weighted by Crippen LogP contribution is -2.34. The topological polar surface area (TPSA) is 87.5 Å². The van der Waals surface area contributed by atoms with Crippen molar-refractivity contribution in [3.05, 3.63) is 33.9 Å². The van der Waals surface area contributed by atoms with Crippen molar-refractivity contribution < 1.29 is 9.72 Å². The third-order valence-corrected chi connectivity index (χ3v) is 4.12. The van der Waals surface area contributed by atoms with Crippen LogP contribution in [0, 0.1) is 23.0 Å². The fraction of sp³-hybridized carbons (Fsp3) is 0.533. The first kappa shape index (κ1) is 16.2. The molecule has 1 aromatic rings. The van der Waals surface area contributed by atoms with Crippen LogP contribution in [0.25, 0.3) is 0 Å². The Morgan fingerprint density at radius 2 is 2.27 bits per heavy atom. The van der Waals surface area contributed by atoms with E-state index in [-0.39, 0.29) is 11.7 Å². The van der Waals surface area contributed by atoms with Crippen molar-refractivity contribution in [1.29, 1.82) is 0 Å². The second kappa shape index (κ2) is 7.22. The molecule has 1 unspecified atom stereocenters. The Kier molecular flexibility index (Phi) is 5.32. The average Bonchev–Trinajstić information content (AvgIpc) is 2.95. The first-order valence-electron chi connectivity index (χ1n) is 7.52. The zero-order valence-electron chi connectivity index (χ0n) is 13.0. The molecule has 2 amide bonds. The van der Waals surface area contributed by atoms with Crippen molar-refractivity contribution in [2.75, 3.05) is 31.5 Å². The molecule has 120 valence electrons. The number of likely N-dealkylation sites (tertiary alicyclic amines) is 1. The van der Waals surface area contributed by atoms with Gasteiger partial charge in [0, 0.05) is 19.2 Å². The molecular weight excluding hydrogens is 284 g/mol. The molecule has 7 nitrogen and oxygen atoms in total. The van der Waals surface area contributed by atoms with E-state index in [4.69, 9.17) is 0 Å². The van der Waals surface area contributed by atoms with Crippen LogP contribution in [0.3, 0.4) is 0 Å². The average molecular weight is 306 g/mol. The number of nitro benzene ring substituents is 1. The third-order valence-electron chi connectivity index (χ3n) is 4.12. The lowest BCUT2D eigenvalue weighted by atomic mass is 10.1. The molecule has 7 heteroatoms. The van der Waals surface area contributed by atoms with E-state index < -0.39 is 4.92 Å². The molecule has 0 spiro atoms. The Labute approximate surface area is 129 Å². The van der Waals surface area contributed by atoms with Gasteiger partial charge in [-0.2, -0.15) is 0 Å². The number of carbonyl (C=O) groups excluding carboxylic acids is 1. The van der Waals surface area contributed by atoms with Gasteiger partial charge < -0.3 is 15.5 Å². The SMILES string of the molecule is CCN1CCC(CNC(=O)Nc2cccc([N+](=O)[O-])c2C)C1. The van der Waals surface area contributed by atoms with Gasteiger partial charge in [0.1, 0.15) is 0 Å². The molecule has 1 fully saturated rings. The van der Waals surface area contributed by atoms with Gasteiger partial charge in [0.15, 0.2) is 0 Å². The molecule has 1 aliphatic heterocycles. The van der Waals surface area contributed by atoms with E-state index >= 15 is 0 Å². The molecule has 1 aliphatic rings. The minimum atomic E-state index is -0.448. The van der Waals surface area contributed by atoms with Gasteiger partial charge in [0.05, 0.1) is 16.2 Å². The first-order chi connectivity index (χ1) is 10.5. The van der Waals surface area contributed by atoms with E-state index in [2.05, 4.69) is 22.5 Å². The van der Waals surface area contributed by atoms with Crippen LogP contribution in [0.5, 0.6) is 0 Å². The molecule has 1 atom stereocenters. The number of hydrogen-bond acceptors (Lipinski definition) is 4. The maximum absolute atomic E-state index is 11.9. The van der Waals surface area contributed by atoms with Gasteiger partial charge in [-0.25, -0.2) is 4.79 Å². The highest BCUT2D eigenvalue weighted by Gasteiger charge is 2.21. The second-order valence-electron chi connectivity index (χ2n) is 5.59. The third kappa shape index (κ3) is 3.94. The summed E-state index contributed by atoms with van der Waals surface area (Å²) in [6.07, 6.45) is 1.09. The Morgan fingerprint density at radius 1 is 1.50 bits per heavy atom. The smallest absolute Gasteiger partial charge is 0.319 e. The molecule has 1 saturated heterocycles. The summed E-state index contributed by atoms with van der Waals surface area (Å²) >= 11 is 0.